The summed E-state index contributed by atoms with van der Waals surface area (Å²) in [6, 6.07) is 3.77. The minimum atomic E-state index is -0.510. The van der Waals surface area contributed by atoms with Crippen molar-refractivity contribution in [2.24, 2.45) is 0 Å². The molecule has 1 unspecified atom stereocenters. The molecule has 0 amide bonds. The fourth-order valence-corrected chi connectivity index (χ4v) is 2.22. The van der Waals surface area contributed by atoms with Crippen molar-refractivity contribution in [1.82, 2.24) is 5.32 Å². The van der Waals surface area contributed by atoms with Crippen LogP contribution in [0.15, 0.2) is 30.9 Å². The van der Waals surface area contributed by atoms with Crippen LogP contribution in [0.1, 0.15) is 50.6 Å². The van der Waals surface area contributed by atoms with E-state index in [1.54, 1.807) is 0 Å². The minimum Gasteiger partial charge on any atom is -0.310 e. The van der Waals surface area contributed by atoms with Gasteiger partial charge < -0.3 is 5.32 Å². The van der Waals surface area contributed by atoms with Gasteiger partial charge in [0.1, 0.15) is 11.6 Å². The van der Waals surface area contributed by atoms with Gasteiger partial charge in [-0.25, -0.2) is 8.78 Å². The Morgan fingerprint density at radius 3 is 2.42 bits per heavy atom. The van der Waals surface area contributed by atoms with Gasteiger partial charge in [0.2, 0.25) is 0 Å². The molecule has 1 N–H and O–H groups in total. The lowest BCUT2D eigenvalue weighted by atomic mass is 9.99. The smallest absolute Gasteiger partial charge is 0.126 e. The van der Waals surface area contributed by atoms with Gasteiger partial charge in [-0.05, 0) is 43.5 Å². The molecule has 0 aromatic heterocycles. The van der Waals surface area contributed by atoms with E-state index in [1.165, 1.54) is 12.1 Å². The first-order chi connectivity index (χ1) is 9.17. The van der Waals surface area contributed by atoms with Crippen LogP contribution >= 0.6 is 0 Å². The zero-order valence-electron chi connectivity index (χ0n) is 11.6. The van der Waals surface area contributed by atoms with E-state index < -0.39 is 11.6 Å². The Balaban J connectivity index is 2.57. The molecule has 1 aromatic carbocycles. The summed E-state index contributed by atoms with van der Waals surface area (Å²) in [5.74, 6) is -1.02. The van der Waals surface area contributed by atoms with Gasteiger partial charge in [0, 0.05) is 12.1 Å². The van der Waals surface area contributed by atoms with E-state index in [1.807, 2.05) is 13.0 Å². The van der Waals surface area contributed by atoms with Crippen molar-refractivity contribution >= 4 is 0 Å². The third kappa shape index (κ3) is 5.97. The predicted octanol–water partition coefficient (Wildman–Crippen LogP) is 4.75. The second kappa shape index (κ2) is 8.81. The Labute approximate surface area is 114 Å². The van der Waals surface area contributed by atoms with Gasteiger partial charge in [-0.1, -0.05) is 25.8 Å². The molecule has 106 valence electrons. The molecule has 0 saturated heterocycles. The van der Waals surface area contributed by atoms with Gasteiger partial charge in [0.15, 0.2) is 0 Å². The summed E-state index contributed by atoms with van der Waals surface area (Å²) in [5, 5.41) is 3.29. The summed E-state index contributed by atoms with van der Waals surface area (Å²) in [7, 11) is 0. The normalized spacial score (nSPS) is 12.4. The SMILES string of the molecule is C=CCCCCCC(NCC)c1cc(F)cc(F)c1. The number of allylic oxidation sites excluding steroid dienone is 1. The fraction of sp³-hybridized carbons (Fsp3) is 0.500. The zero-order chi connectivity index (χ0) is 14.1. The van der Waals surface area contributed by atoms with Crippen LogP contribution in [0, 0.1) is 11.6 Å². The van der Waals surface area contributed by atoms with E-state index >= 15 is 0 Å². The molecule has 1 aromatic rings. The first-order valence-electron chi connectivity index (χ1n) is 6.97. The zero-order valence-corrected chi connectivity index (χ0v) is 11.6. The number of benzene rings is 1. The third-order valence-corrected chi connectivity index (χ3v) is 3.14. The van der Waals surface area contributed by atoms with Crippen LogP contribution in [0.3, 0.4) is 0 Å². The lowest BCUT2D eigenvalue weighted by molar-refractivity contribution is 0.476. The fourth-order valence-electron chi connectivity index (χ4n) is 2.22. The van der Waals surface area contributed by atoms with Crippen LogP contribution in [0.2, 0.25) is 0 Å². The summed E-state index contributed by atoms with van der Waals surface area (Å²) in [6.07, 6.45) is 7.13. The van der Waals surface area contributed by atoms with Gasteiger partial charge >= 0.3 is 0 Å². The van der Waals surface area contributed by atoms with Gasteiger partial charge in [-0.3, -0.25) is 0 Å². The molecule has 1 nitrogen and oxygen atoms in total. The topological polar surface area (TPSA) is 12.0 Å². The second-order valence-electron chi connectivity index (χ2n) is 4.74. The van der Waals surface area contributed by atoms with Gasteiger partial charge in [-0.2, -0.15) is 0 Å². The highest BCUT2D eigenvalue weighted by molar-refractivity contribution is 5.21. The average molecular weight is 267 g/mol. The highest BCUT2D eigenvalue weighted by Crippen LogP contribution is 2.22. The molecule has 0 bridgehead atoms. The van der Waals surface area contributed by atoms with Crippen LogP contribution < -0.4 is 5.32 Å². The third-order valence-electron chi connectivity index (χ3n) is 3.14. The summed E-state index contributed by atoms with van der Waals surface area (Å²) in [4.78, 5) is 0. The maximum absolute atomic E-state index is 13.2. The molecular weight excluding hydrogens is 244 g/mol. The number of nitrogens with one attached hydrogen (secondary N) is 1. The maximum Gasteiger partial charge on any atom is 0.126 e. The molecule has 0 heterocycles. The lowest BCUT2D eigenvalue weighted by Gasteiger charge is -2.18. The van der Waals surface area contributed by atoms with Crippen LogP contribution in [-0.4, -0.2) is 6.54 Å². The van der Waals surface area contributed by atoms with Crippen molar-refractivity contribution in [3.8, 4) is 0 Å². The average Bonchev–Trinajstić information content (AvgIpc) is 2.36. The van der Waals surface area contributed by atoms with Crippen LogP contribution in [-0.2, 0) is 0 Å². The van der Waals surface area contributed by atoms with Gasteiger partial charge in [0.25, 0.3) is 0 Å². The molecule has 3 heteroatoms. The Morgan fingerprint density at radius 1 is 1.16 bits per heavy atom. The van der Waals surface area contributed by atoms with E-state index in [0.717, 1.165) is 44.7 Å². The number of halogens is 2. The molecule has 0 aliphatic rings. The van der Waals surface area contributed by atoms with Crippen molar-refractivity contribution in [1.29, 1.82) is 0 Å². The van der Waals surface area contributed by atoms with Crippen LogP contribution in [0.4, 0.5) is 8.78 Å². The summed E-state index contributed by atoms with van der Waals surface area (Å²) in [6.45, 7) is 6.48. The Morgan fingerprint density at radius 2 is 1.84 bits per heavy atom. The summed E-state index contributed by atoms with van der Waals surface area (Å²) in [5.41, 5.74) is 0.697. The molecule has 0 spiro atoms. The predicted molar refractivity (Wildman–Crippen MR) is 76.1 cm³/mol. The van der Waals surface area contributed by atoms with Gasteiger partial charge in [0.05, 0.1) is 0 Å². The maximum atomic E-state index is 13.2. The molecule has 1 atom stereocenters. The van der Waals surface area contributed by atoms with Crippen LogP contribution in [0.5, 0.6) is 0 Å². The van der Waals surface area contributed by atoms with E-state index in [0.29, 0.717) is 5.56 Å². The first-order valence-corrected chi connectivity index (χ1v) is 6.97. The Hall–Kier alpha value is -1.22. The number of hydrogen-bond acceptors (Lipinski definition) is 1. The lowest BCUT2D eigenvalue weighted by Crippen LogP contribution is -2.21. The van der Waals surface area contributed by atoms with Crippen molar-refractivity contribution in [3.05, 3.63) is 48.1 Å². The first kappa shape index (κ1) is 15.8. The number of rotatable bonds is 9. The van der Waals surface area contributed by atoms with Crippen molar-refractivity contribution in [2.45, 2.75) is 45.1 Å². The number of unbranched alkanes of at least 4 members (excludes halogenated alkanes) is 3. The largest absolute Gasteiger partial charge is 0.310 e. The molecular formula is C16H23F2N. The second-order valence-corrected chi connectivity index (χ2v) is 4.74. The van der Waals surface area contributed by atoms with Gasteiger partial charge in [-0.15, -0.1) is 6.58 Å². The molecule has 0 aliphatic carbocycles. The molecule has 19 heavy (non-hydrogen) atoms. The molecule has 0 aliphatic heterocycles. The Kier molecular flexibility index (Phi) is 7.34. The molecule has 0 saturated carbocycles. The van der Waals surface area contributed by atoms with E-state index in [-0.39, 0.29) is 6.04 Å². The monoisotopic (exact) mass is 267 g/mol. The Bertz CT molecular complexity index is 370. The standard InChI is InChI=1S/C16H23F2N/c1-3-5-6-7-8-9-16(19-4-2)13-10-14(17)12-15(18)11-13/h3,10-12,16,19H,1,4-9H2,2H3. The van der Waals surface area contributed by atoms with E-state index in [9.17, 15) is 8.78 Å². The molecule has 1 rings (SSSR count). The molecule has 0 radical (unpaired) electrons. The quantitative estimate of drug-likeness (QED) is 0.503. The minimum absolute atomic E-state index is 0.0268. The highest BCUT2D eigenvalue weighted by Gasteiger charge is 2.12. The van der Waals surface area contributed by atoms with Crippen molar-refractivity contribution in [2.75, 3.05) is 6.54 Å². The van der Waals surface area contributed by atoms with Crippen molar-refractivity contribution in [3.63, 3.8) is 0 Å². The van der Waals surface area contributed by atoms with Crippen LogP contribution in [0.25, 0.3) is 0 Å². The highest BCUT2D eigenvalue weighted by atomic mass is 19.1. The number of hydrogen-bond donors (Lipinski definition) is 1. The van der Waals surface area contributed by atoms with E-state index in [4.69, 9.17) is 0 Å². The summed E-state index contributed by atoms with van der Waals surface area (Å²) < 4.78 is 26.5. The summed E-state index contributed by atoms with van der Waals surface area (Å²) >= 11 is 0. The van der Waals surface area contributed by atoms with Crippen molar-refractivity contribution < 1.29 is 8.78 Å². The van der Waals surface area contributed by atoms with E-state index in [2.05, 4.69) is 11.9 Å². The molecule has 0 fully saturated rings.